The van der Waals surface area contributed by atoms with Gasteiger partial charge in [-0.1, -0.05) is 0 Å². The van der Waals surface area contributed by atoms with Crippen LogP contribution < -0.4 is 5.32 Å². The molecule has 0 radical (unpaired) electrons. The molecule has 1 fully saturated rings. The number of amides is 1. The molecule has 5 nitrogen and oxygen atoms in total. The van der Waals surface area contributed by atoms with Crippen molar-refractivity contribution in [3.63, 3.8) is 0 Å². The van der Waals surface area contributed by atoms with Gasteiger partial charge >= 0.3 is 6.18 Å². The van der Waals surface area contributed by atoms with Crippen LogP contribution in [0.15, 0.2) is 0 Å². The topological polar surface area (TPSA) is 61.8 Å². The van der Waals surface area contributed by atoms with Crippen LogP contribution in [0.5, 0.6) is 0 Å². The smallest absolute Gasteiger partial charge is 0.389 e. The first-order valence-corrected chi connectivity index (χ1v) is 5.97. The number of morpholine rings is 1. The number of nitrogens with zero attached hydrogens (tertiary/aromatic N) is 1. The summed E-state index contributed by atoms with van der Waals surface area (Å²) in [7, 11) is 0. The number of carbonyl (C=O) groups is 1. The Labute approximate surface area is 109 Å². The number of hydrogen-bond donors (Lipinski definition) is 2. The Bertz CT molecular complexity index is 315. The molecule has 1 heterocycles. The van der Waals surface area contributed by atoms with Gasteiger partial charge in [-0.2, -0.15) is 13.2 Å². The van der Waals surface area contributed by atoms with E-state index in [1.54, 1.807) is 0 Å². The zero-order chi connectivity index (χ0) is 14.7. The molecule has 8 heteroatoms. The van der Waals surface area contributed by atoms with Gasteiger partial charge in [0.1, 0.15) is 6.04 Å². The minimum Gasteiger partial charge on any atom is -0.389 e. The Hall–Kier alpha value is -0.860. The minimum atomic E-state index is -4.36. The van der Waals surface area contributed by atoms with Crippen LogP contribution in [0.4, 0.5) is 13.2 Å². The fourth-order valence-corrected chi connectivity index (χ4v) is 1.72. The van der Waals surface area contributed by atoms with Crippen LogP contribution in [0.2, 0.25) is 0 Å². The van der Waals surface area contributed by atoms with E-state index in [4.69, 9.17) is 4.74 Å². The van der Waals surface area contributed by atoms with E-state index in [0.29, 0.717) is 0 Å². The Morgan fingerprint density at radius 1 is 1.47 bits per heavy atom. The van der Waals surface area contributed by atoms with E-state index in [-0.39, 0.29) is 26.3 Å². The third kappa shape index (κ3) is 6.22. The first kappa shape index (κ1) is 16.2. The molecule has 0 aromatic heterocycles. The molecule has 19 heavy (non-hydrogen) atoms. The Balaban J connectivity index is 2.58. The van der Waals surface area contributed by atoms with Crippen molar-refractivity contribution in [1.29, 1.82) is 0 Å². The lowest BCUT2D eigenvalue weighted by Gasteiger charge is -2.35. The summed E-state index contributed by atoms with van der Waals surface area (Å²) >= 11 is 0. The van der Waals surface area contributed by atoms with E-state index in [1.807, 2.05) is 0 Å². The second-order valence-corrected chi connectivity index (χ2v) is 5.21. The molecule has 0 bridgehead atoms. The van der Waals surface area contributed by atoms with Crippen molar-refractivity contribution in [2.24, 2.45) is 0 Å². The van der Waals surface area contributed by atoms with Gasteiger partial charge in [0.2, 0.25) is 5.91 Å². The average molecular weight is 284 g/mol. The molecule has 1 rings (SSSR count). The second kappa shape index (κ2) is 6.06. The van der Waals surface area contributed by atoms with Gasteiger partial charge in [-0.05, 0) is 13.8 Å². The molecular weight excluding hydrogens is 265 g/mol. The molecule has 0 aromatic carbocycles. The number of alkyl halides is 3. The van der Waals surface area contributed by atoms with Crippen molar-refractivity contribution in [2.75, 3.05) is 32.8 Å². The van der Waals surface area contributed by atoms with Crippen molar-refractivity contribution < 1.29 is 27.8 Å². The SMILES string of the molecule is CC(C)(O)CNC(=O)C1COCCN1CC(F)(F)F. The lowest BCUT2D eigenvalue weighted by molar-refractivity contribution is -0.167. The van der Waals surface area contributed by atoms with Crippen molar-refractivity contribution in [3.8, 4) is 0 Å². The number of nitrogens with one attached hydrogen (secondary N) is 1. The lowest BCUT2D eigenvalue weighted by Crippen LogP contribution is -2.57. The molecule has 0 spiro atoms. The molecule has 2 N–H and O–H groups in total. The van der Waals surface area contributed by atoms with Crippen LogP contribution in [0.1, 0.15) is 13.8 Å². The molecular formula is C11H19F3N2O3. The number of carbonyl (C=O) groups excluding carboxylic acids is 1. The van der Waals surface area contributed by atoms with E-state index in [2.05, 4.69) is 5.32 Å². The Morgan fingerprint density at radius 2 is 2.11 bits per heavy atom. The van der Waals surface area contributed by atoms with Gasteiger partial charge in [-0.25, -0.2) is 0 Å². The molecule has 0 saturated carbocycles. The van der Waals surface area contributed by atoms with Crippen LogP contribution in [0, 0.1) is 0 Å². The van der Waals surface area contributed by atoms with Crippen LogP contribution in [-0.2, 0) is 9.53 Å². The van der Waals surface area contributed by atoms with Gasteiger partial charge in [-0.15, -0.1) is 0 Å². The summed E-state index contributed by atoms with van der Waals surface area (Å²) in [5.41, 5.74) is -1.11. The zero-order valence-electron chi connectivity index (χ0n) is 11.0. The summed E-state index contributed by atoms with van der Waals surface area (Å²) in [5, 5.41) is 11.9. The van der Waals surface area contributed by atoms with Gasteiger partial charge in [0.15, 0.2) is 0 Å². The minimum absolute atomic E-state index is 0.0256. The standard InChI is InChI=1S/C11H19F3N2O3/c1-10(2,18)6-15-9(17)8-5-19-4-3-16(8)7-11(12,13)14/h8,18H,3-7H2,1-2H3,(H,15,17). The molecule has 1 saturated heterocycles. The highest BCUT2D eigenvalue weighted by atomic mass is 19.4. The summed E-state index contributed by atoms with van der Waals surface area (Å²) in [5.74, 6) is -0.564. The Morgan fingerprint density at radius 3 is 2.63 bits per heavy atom. The fraction of sp³-hybridized carbons (Fsp3) is 0.909. The highest BCUT2D eigenvalue weighted by Crippen LogP contribution is 2.19. The summed E-state index contributed by atoms with van der Waals surface area (Å²) in [4.78, 5) is 12.9. The summed E-state index contributed by atoms with van der Waals surface area (Å²) in [6.45, 7) is 1.98. The van der Waals surface area contributed by atoms with Gasteiger partial charge in [0.25, 0.3) is 0 Å². The highest BCUT2D eigenvalue weighted by molar-refractivity contribution is 5.82. The summed E-state index contributed by atoms with van der Waals surface area (Å²) in [6, 6.07) is -0.974. The van der Waals surface area contributed by atoms with E-state index >= 15 is 0 Å². The second-order valence-electron chi connectivity index (χ2n) is 5.21. The van der Waals surface area contributed by atoms with Gasteiger partial charge in [0, 0.05) is 13.1 Å². The van der Waals surface area contributed by atoms with Crippen molar-refractivity contribution in [1.82, 2.24) is 10.2 Å². The Kier molecular flexibility index (Phi) is 5.17. The number of hydrogen-bond acceptors (Lipinski definition) is 4. The summed E-state index contributed by atoms with van der Waals surface area (Å²) in [6.07, 6.45) is -4.36. The van der Waals surface area contributed by atoms with E-state index < -0.39 is 30.3 Å². The van der Waals surface area contributed by atoms with Crippen molar-refractivity contribution in [3.05, 3.63) is 0 Å². The van der Waals surface area contributed by atoms with E-state index in [0.717, 1.165) is 4.90 Å². The molecule has 1 unspecified atom stereocenters. The fourth-order valence-electron chi connectivity index (χ4n) is 1.72. The first-order chi connectivity index (χ1) is 8.58. The average Bonchev–Trinajstić information content (AvgIpc) is 2.23. The van der Waals surface area contributed by atoms with Crippen LogP contribution in [0.25, 0.3) is 0 Å². The quantitative estimate of drug-likeness (QED) is 0.771. The molecule has 1 atom stereocenters. The predicted molar refractivity (Wildman–Crippen MR) is 61.5 cm³/mol. The highest BCUT2D eigenvalue weighted by Gasteiger charge is 2.38. The third-order valence-corrected chi connectivity index (χ3v) is 2.62. The van der Waals surface area contributed by atoms with Crippen LogP contribution in [0.3, 0.4) is 0 Å². The molecule has 1 aliphatic heterocycles. The van der Waals surface area contributed by atoms with E-state index in [9.17, 15) is 23.1 Å². The first-order valence-electron chi connectivity index (χ1n) is 5.97. The maximum atomic E-state index is 12.4. The van der Waals surface area contributed by atoms with Crippen LogP contribution >= 0.6 is 0 Å². The molecule has 0 aliphatic carbocycles. The number of ether oxygens (including phenoxy) is 1. The maximum absolute atomic E-state index is 12.4. The van der Waals surface area contributed by atoms with Gasteiger partial charge in [-0.3, -0.25) is 9.69 Å². The number of halogens is 3. The number of aliphatic hydroxyl groups is 1. The molecule has 112 valence electrons. The third-order valence-electron chi connectivity index (χ3n) is 2.62. The molecule has 0 aromatic rings. The molecule has 1 amide bonds. The zero-order valence-corrected chi connectivity index (χ0v) is 11.0. The van der Waals surface area contributed by atoms with Crippen molar-refractivity contribution >= 4 is 5.91 Å². The van der Waals surface area contributed by atoms with E-state index in [1.165, 1.54) is 13.8 Å². The molecule has 1 aliphatic rings. The predicted octanol–water partition coefficient (Wildman–Crippen LogP) is 0.137. The van der Waals surface area contributed by atoms with Gasteiger partial charge in [0.05, 0.1) is 25.4 Å². The van der Waals surface area contributed by atoms with Crippen LogP contribution in [-0.4, -0.2) is 66.6 Å². The number of rotatable bonds is 4. The normalized spacial score (nSPS) is 22.3. The summed E-state index contributed by atoms with van der Waals surface area (Å²) < 4.78 is 42.2. The maximum Gasteiger partial charge on any atom is 0.401 e. The van der Waals surface area contributed by atoms with Gasteiger partial charge < -0.3 is 15.2 Å². The monoisotopic (exact) mass is 284 g/mol. The largest absolute Gasteiger partial charge is 0.401 e. The van der Waals surface area contributed by atoms with Crippen molar-refractivity contribution in [2.45, 2.75) is 31.7 Å². The lowest BCUT2D eigenvalue weighted by atomic mass is 10.1.